The molecule has 0 radical (unpaired) electrons. The van der Waals surface area contributed by atoms with Crippen LogP contribution in [0.5, 0.6) is 34.5 Å². The predicted octanol–water partition coefficient (Wildman–Crippen LogP) is 22.5. The van der Waals surface area contributed by atoms with E-state index < -0.39 is 8.07 Å². The lowest BCUT2D eigenvalue weighted by molar-refractivity contribution is 0.474. The van der Waals surface area contributed by atoms with Gasteiger partial charge in [0, 0.05) is 47.4 Å². The Bertz CT molecular complexity index is 7010. The number of benzene rings is 14. The molecule has 0 amide bonds. The average Bonchev–Trinajstić information content (AvgIpc) is 1.15. The number of thiazole rings is 1. The Morgan fingerprint density at radius 2 is 0.667 bits per heavy atom. The number of imidazole rings is 3. The molecule has 0 N–H and O–H groups in total. The third-order valence-electron chi connectivity index (χ3n) is 22.3. The SMILES string of the molecule is CCc1nc2cccc3c2n1-c1ccc(-c2ccc(-c4ccc5ccc6cccnc6c5n4)cc2)cc1O3.CCc1nc2cccc3c2n1-c1ccc(-c2ccc(-c4nc5ccccc5s4)cc2)cc1O3.CCc1nc2cccc3c2n1-c1ccc(-c2ccc([Si](c4ccccc4)(c4ccccc4)c4ccccc4)cc2)cc1O3. The van der Waals surface area contributed by atoms with E-state index in [1.807, 2.05) is 66.9 Å². The van der Waals surface area contributed by atoms with E-state index in [-0.39, 0.29) is 0 Å². The second kappa shape index (κ2) is 28.0. The molecule has 544 valence electrons. The maximum Gasteiger partial charge on any atom is 0.179 e. The molecular formula is C100H71N9O3SSi. The van der Waals surface area contributed by atoms with Crippen LogP contribution in [0.4, 0.5) is 0 Å². The maximum absolute atomic E-state index is 6.47. The van der Waals surface area contributed by atoms with Gasteiger partial charge in [-0.2, -0.15) is 0 Å². The van der Waals surface area contributed by atoms with Gasteiger partial charge in [-0.3, -0.25) is 18.7 Å². The van der Waals surface area contributed by atoms with Gasteiger partial charge >= 0.3 is 0 Å². The lowest BCUT2D eigenvalue weighted by atomic mass is 10.0. The highest BCUT2D eigenvalue weighted by molar-refractivity contribution is 7.21. The van der Waals surface area contributed by atoms with Crippen LogP contribution in [0.1, 0.15) is 38.2 Å². The van der Waals surface area contributed by atoms with Crippen molar-refractivity contribution in [3.63, 3.8) is 0 Å². The predicted molar refractivity (Wildman–Crippen MR) is 466 cm³/mol. The summed E-state index contributed by atoms with van der Waals surface area (Å²) in [6.45, 7) is 6.43. The fraction of sp³-hybridized carbons (Fsp3) is 0.0600. The highest BCUT2D eigenvalue weighted by Crippen LogP contribution is 2.47. The molecule has 3 aliphatic rings. The number of rotatable bonds is 12. The van der Waals surface area contributed by atoms with Gasteiger partial charge in [0.2, 0.25) is 0 Å². The second-order valence-electron chi connectivity index (χ2n) is 28.9. The molecule has 14 aromatic carbocycles. The Labute approximate surface area is 662 Å². The minimum atomic E-state index is -2.55. The number of fused-ring (bicyclic) bond motifs is 10. The van der Waals surface area contributed by atoms with Gasteiger partial charge in [0.1, 0.15) is 39.0 Å². The molecule has 3 aliphatic heterocycles. The van der Waals surface area contributed by atoms with E-state index >= 15 is 0 Å². The van der Waals surface area contributed by atoms with E-state index in [1.165, 1.54) is 25.4 Å². The Morgan fingerprint density at radius 3 is 1.11 bits per heavy atom. The number of aromatic nitrogens is 9. The zero-order valence-electron chi connectivity index (χ0n) is 62.6. The Kier molecular flexibility index (Phi) is 16.7. The summed E-state index contributed by atoms with van der Waals surface area (Å²) >= 11 is 1.73. The number of aryl methyl sites for hydroxylation is 3. The molecule has 0 aliphatic carbocycles. The molecule has 0 unspecified atom stereocenters. The summed E-state index contributed by atoms with van der Waals surface area (Å²) in [5.41, 5.74) is 22.0. The van der Waals surface area contributed by atoms with Crippen LogP contribution in [-0.2, 0) is 19.3 Å². The van der Waals surface area contributed by atoms with E-state index in [1.54, 1.807) is 11.3 Å². The molecule has 20 aromatic rings. The molecule has 0 atom stereocenters. The average molecular weight is 1510 g/mol. The van der Waals surface area contributed by atoms with Crippen molar-refractivity contribution in [2.24, 2.45) is 0 Å². The van der Waals surface area contributed by atoms with Gasteiger partial charge in [-0.1, -0.05) is 257 Å². The van der Waals surface area contributed by atoms with Gasteiger partial charge in [0.15, 0.2) is 42.6 Å². The van der Waals surface area contributed by atoms with Crippen LogP contribution < -0.4 is 35.0 Å². The fourth-order valence-corrected chi connectivity index (χ4v) is 22.6. The van der Waals surface area contributed by atoms with Crippen molar-refractivity contribution < 1.29 is 14.2 Å². The molecule has 6 aromatic heterocycles. The largest absolute Gasteiger partial charge is 0.453 e. The van der Waals surface area contributed by atoms with Gasteiger partial charge in [0.25, 0.3) is 0 Å². The minimum Gasteiger partial charge on any atom is -0.453 e. The van der Waals surface area contributed by atoms with Crippen LogP contribution in [0.25, 0.3) is 137 Å². The van der Waals surface area contributed by atoms with Crippen molar-refractivity contribution in [2.75, 3.05) is 0 Å². The lowest BCUT2D eigenvalue weighted by Crippen LogP contribution is -2.74. The van der Waals surface area contributed by atoms with Gasteiger partial charge in [-0.05, 0) is 151 Å². The number of ether oxygens (including phenoxy) is 3. The van der Waals surface area contributed by atoms with Crippen LogP contribution >= 0.6 is 11.3 Å². The third-order valence-corrected chi connectivity index (χ3v) is 28.2. The fourth-order valence-electron chi connectivity index (χ4n) is 16.9. The molecule has 23 rings (SSSR count). The summed E-state index contributed by atoms with van der Waals surface area (Å²) in [6, 6.07) is 118. The number of hydrogen-bond donors (Lipinski definition) is 0. The summed E-state index contributed by atoms with van der Waals surface area (Å²) in [7, 11) is -2.55. The minimum absolute atomic E-state index is 0.842. The summed E-state index contributed by atoms with van der Waals surface area (Å²) in [5.74, 6) is 8.26. The van der Waals surface area contributed by atoms with Crippen LogP contribution in [0.15, 0.2) is 340 Å². The van der Waals surface area contributed by atoms with Crippen molar-refractivity contribution in [2.45, 2.75) is 40.0 Å². The monoisotopic (exact) mass is 1510 g/mol. The normalized spacial score (nSPS) is 12.1. The van der Waals surface area contributed by atoms with Crippen LogP contribution in [0, 0.1) is 0 Å². The first-order valence-electron chi connectivity index (χ1n) is 38.8. The molecule has 12 nitrogen and oxygen atoms in total. The Hall–Kier alpha value is -14.2. The van der Waals surface area contributed by atoms with Gasteiger partial charge in [0.05, 0.1) is 60.6 Å². The van der Waals surface area contributed by atoms with E-state index in [0.29, 0.717) is 0 Å². The van der Waals surface area contributed by atoms with Gasteiger partial charge in [-0.25, -0.2) is 24.9 Å². The molecular weight excluding hydrogens is 1440 g/mol. The van der Waals surface area contributed by atoms with Gasteiger partial charge < -0.3 is 14.2 Å². The van der Waals surface area contributed by atoms with Crippen molar-refractivity contribution >= 4 is 105 Å². The maximum atomic E-state index is 6.47. The van der Waals surface area contributed by atoms with E-state index in [4.69, 9.17) is 39.1 Å². The lowest BCUT2D eigenvalue weighted by Gasteiger charge is -2.34. The first-order chi connectivity index (χ1) is 56.3. The molecule has 0 spiro atoms. The number of hydrogen-bond acceptors (Lipinski definition) is 10. The number of nitrogens with zero attached hydrogens (tertiary/aromatic N) is 9. The topological polar surface area (TPSA) is 120 Å². The standard InChI is InChI=1S/C39H30N2OSi.C33H22N4O.C28H19N3OS/c1-2-38-40-34-19-12-20-36-39(34)41(38)35-26-23-29(27-37(35)42-36)28-21-24-33(25-22-28)43(30-13-6-3-7-14-30,31-15-8-4-9-16-31)32-17-10-5-11-18-32;1-2-30-35-26-6-3-7-28-33(26)37(30)27-17-15-24(19-29(27)38-28)20-8-10-21(11-9-20)25-16-14-23-13-12-22-5-4-18-34-31(22)32(23)36-25;1-2-26-29-21-7-5-8-23-27(21)31(26)22-15-14-19(16-24(22)32-23)17-10-12-18(13-11-17)28-30-20-6-3-4-9-25(20)33-28/h3-27H,2H2,1H3;3-19H,2H2,1H3;3-16H,2H2,1H3. The zero-order chi connectivity index (χ0) is 76.0. The number of para-hydroxylation sites is 4. The third kappa shape index (κ3) is 11.5. The molecule has 114 heavy (non-hydrogen) atoms. The quantitative estimate of drug-likeness (QED) is 0.0669. The van der Waals surface area contributed by atoms with Crippen LogP contribution in [-0.4, -0.2) is 51.7 Å². The van der Waals surface area contributed by atoms with E-state index in [9.17, 15) is 0 Å². The van der Waals surface area contributed by atoms with Crippen LogP contribution in [0.2, 0.25) is 0 Å². The Morgan fingerprint density at radius 1 is 0.289 bits per heavy atom. The molecule has 0 bridgehead atoms. The molecule has 0 saturated carbocycles. The van der Waals surface area contributed by atoms with Gasteiger partial charge in [-0.15, -0.1) is 11.3 Å². The summed E-state index contributed by atoms with van der Waals surface area (Å²) < 4.78 is 27.1. The summed E-state index contributed by atoms with van der Waals surface area (Å²) in [5, 5.41) is 8.71. The van der Waals surface area contributed by atoms with E-state index in [2.05, 4.69) is 312 Å². The highest BCUT2D eigenvalue weighted by Gasteiger charge is 2.41. The number of pyridine rings is 2. The van der Waals surface area contributed by atoms with Crippen LogP contribution in [0.3, 0.4) is 0 Å². The van der Waals surface area contributed by atoms with Crippen molar-refractivity contribution in [1.29, 1.82) is 0 Å². The summed E-state index contributed by atoms with van der Waals surface area (Å²) in [6.07, 6.45) is 4.39. The molecule has 9 heterocycles. The molecule has 0 fully saturated rings. The first kappa shape index (κ1) is 67.9. The second-order valence-corrected chi connectivity index (χ2v) is 33.7. The smallest absolute Gasteiger partial charge is 0.179 e. The van der Waals surface area contributed by atoms with E-state index in [0.717, 1.165) is 204 Å². The van der Waals surface area contributed by atoms with Crippen molar-refractivity contribution in [1.82, 2.24) is 43.6 Å². The zero-order valence-corrected chi connectivity index (χ0v) is 64.4. The molecule has 0 saturated heterocycles. The first-order valence-corrected chi connectivity index (χ1v) is 41.6. The highest BCUT2D eigenvalue weighted by atomic mass is 32.1. The van der Waals surface area contributed by atoms with Crippen molar-refractivity contribution in [3.05, 3.63) is 357 Å². The molecule has 14 heteroatoms. The Balaban J connectivity index is 0.000000108. The van der Waals surface area contributed by atoms with Crippen molar-refractivity contribution in [3.8, 4) is 107 Å². The summed E-state index contributed by atoms with van der Waals surface area (Å²) in [4.78, 5) is 28.9.